The molecule has 1 aromatic rings. The van der Waals surface area contributed by atoms with Crippen molar-refractivity contribution in [2.75, 3.05) is 45.8 Å². The Kier molecular flexibility index (Phi) is 9.08. The molecule has 0 unspecified atom stereocenters. The summed E-state index contributed by atoms with van der Waals surface area (Å²) in [6.45, 7) is 1.96. The van der Waals surface area contributed by atoms with Gasteiger partial charge in [-0.25, -0.2) is 17.5 Å². The first kappa shape index (κ1) is 19.8. The van der Waals surface area contributed by atoms with Crippen molar-refractivity contribution < 1.29 is 22.3 Å². The predicted octanol–water partition coefficient (Wildman–Crippen LogP) is 1.98. The number of rotatable bonds is 12. The number of halogens is 1. The summed E-state index contributed by atoms with van der Waals surface area (Å²) < 4.78 is 50.5. The minimum atomic E-state index is -3.77. The van der Waals surface area contributed by atoms with Gasteiger partial charge in [-0.3, -0.25) is 0 Å². The van der Waals surface area contributed by atoms with Gasteiger partial charge in [-0.2, -0.15) is 0 Å². The summed E-state index contributed by atoms with van der Waals surface area (Å²) in [5.74, 6) is -0.591. The van der Waals surface area contributed by atoms with Gasteiger partial charge in [0, 0.05) is 40.5 Å². The Hall–Kier alpha value is -1.22. The molecule has 0 saturated carbocycles. The molecule has 0 spiro atoms. The molecular weight excluding hydrogens is 323 g/mol. The molecule has 2 N–H and O–H groups in total. The van der Waals surface area contributed by atoms with Crippen molar-refractivity contribution in [1.82, 2.24) is 4.72 Å². The van der Waals surface area contributed by atoms with Crippen LogP contribution in [0.15, 0.2) is 23.1 Å². The Labute approximate surface area is 137 Å². The molecule has 0 aliphatic rings. The van der Waals surface area contributed by atoms with Gasteiger partial charge in [0.25, 0.3) is 0 Å². The molecule has 1 aromatic carbocycles. The number of nitrogens with one attached hydrogen (secondary N) is 2. The van der Waals surface area contributed by atoms with Gasteiger partial charge >= 0.3 is 0 Å². The maximum Gasteiger partial charge on any atom is 0.242 e. The van der Waals surface area contributed by atoms with Crippen LogP contribution in [-0.2, 0) is 19.5 Å². The van der Waals surface area contributed by atoms with Crippen LogP contribution in [-0.4, -0.2) is 48.9 Å². The fraction of sp³-hybridized carbons (Fsp3) is 0.600. The molecule has 6 nitrogen and oxygen atoms in total. The van der Waals surface area contributed by atoms with Crippen LogP contribution in [0.25, 0.3) is 0 Å². The maximum atomic E-state index is 13.5. The van der Waals surface area contributed by atoms with Crippen LogP contribution >= 0.6 is 0 Å². The average Bonchev–Trinajstić information content (AvgIpc) is 2.52. The molecule has 0 saturated heterocycles. The van der Waals surface area contributed by atoms with Gasteiger partial charge < -0.3 is 14.8 Å². The number of hydrogen-bond acceptors (Lipinski definition) is 5. The van der Waals surface area contributed by atoms with E-state index in [1.807, 2.05) is 0 Å². The van der Waals surface area contributed by atoms with Crippen LogP contribution in [0.4, 0.5) is 10.1 Å². The van der Waals surface area contributed by atoms with E-state index in [0.717, 1.165) is 18.9 Å². The molecule has 0 aromatic heterocycles. The van der Waals surface area contributed by atoms with E-state index in [9.17, 15) is 12.8 Å². The lowest BCUT2D eigenvalue weighted by molar-refractivity contribution is 0.193. The quantitative estimate of drug-likeness (QED) is 0.565. The number of unbranched alkanes of at least 4 members (excludes halogenated alkanes) is 1. The lowest BCUT2D eigenvalue weighted by Gasteiger charge is -2.13. The summed E-state index contributed by atoms with van der Waals surface area (Å²) in [5.41, 5.74) is 0.381. The van der Waals surface area contributed by atoms with Crippen molar-refractivity contribution >= 4 is 15.7 Å². The number of benzene rings is 1. The fourth-order valence-electron chi connectivity index (χ4n) is 1.96. The third-order valence-corrected chi connectivity index (χ3v) is 4.64. The highest BCUT2D eigenvalue weighted by Gasteiger charge is 2.19. The van der Waals surface area contributed by atoms with E-state index in [1.165, 1.54) is 12.1 Å². The van der Waals surface area contributed by atoms with Crippen LogP contribution in [0, 0.1) is 5.82 Å². The van der Waals surface area contributed by atoms with Crippen LogP contribution in [0.2, 0.25) is 0 Å². The lowest BCUT2D eigenvalue weighted by atomic mass is 10.3. The maximum absolute atomic E-state index is 13.5. The SMILES string of the molecule is COCCCCNS(=O)(=O)c1cc(F)ccc1NCCCOC. The lowest BCUT2D eigenvalue weighted by Crippen LogP contribution is -2.26. The summed E-state index contributed by atoms with van der Waals surface area (Å²) >= 11 is 0. The molecule has 0 heterocycles. The van der Waals surface area contributed by atoms with Gasteiger partial charge in [0.2, 0.25) is 10.0 Å². The average molecular weight is 348 g/mol. The first-order valence-electron chi connectivity index (χ1n) is 7.52. The van der Waals surface area contributed by atoms with E-state index in [-0.39, 0.29) is 11.4 Å². The number of sulfonamides is 1. The summed E-state index contributed by atoms with van der Waals surface area (Å²) in [6.07, 6.45) is 2.13. The smallest absolute Gasteiger partial charge is 0.242 e. The van der Waals surface area contributed by atoms with Gasteiger partial charge in [0.1, 0.15) is 10.7 Å². The zero-order valence-electron chi connectivity index (χ0n) is 13.6. The normalized spacial score (nSPS) is 11.6. The van der Waals surface area contributed by atoms with Gasteiger partial charge in [-0.1, -0.05) is 0 Å². The first-order chi connectivity index (χ1) is 11.0. The number of methoxy groups -OCH3 is 2. The molecule has 0 atom stereocenters. The van der Waals surface area contributed by atoms with Crippen molar-refractivity contribution in [2.45, 2.75) is 24.2 Å². The van der Waals surface area contributed by atoms with E-state index < -0.39 is 15.8 Å². The van der Waals surface area contributed by atoms with Crippen LogP contribution in [0.1, 0.15) is 19.3 Å². The molecule has 0 fully saturated rings. The summed E-state index contributed by atoms with van der Waals surface area (Å²) in [6, 6.07) is 3.69. The number of ether oxygens (including phenoxy) is 2. The molecule has 0 amide bonds. The van der Waals surface area contributed by atoms with Crippen molar-refractivity contribution in [3.8, 4) is 0 Å². The number of hydrogen-bond donors (Lipinski definition) is 2. The molecule has 8 heteroatoms. The molecule has 1 rings (SSSR count). The van der Waals surface area contributed by atoms with E-state index in [4.69, 9.17) is 9.47 Å². The molecule has 0 bridgehead atoms. The van der Waals surface area contributed by atoms with Crippen LogP contribution < -0.4 is 10.0 Å². The van der Waals surface area contributed by atoms with Crippen molar-refractivity contribution in [3.05, 3.63) is 24.0 Å². The molecule has 0 radical (unpaired) electrons. The Morgan fingerprint density at radius 3 is 2.43 bits per heavy atom. The van der Waals surface area contributed by atoms with Crippen molar-refractivity contribution in [2.24, 2.45) is 0 Å². The Morgan fingerprint density at radius 2 is 1.74 bits per heavy atom. The van der Waals surface area contributed by atoms with E-state index in [2.05, 4.69) is 10.0 Å². The van der Waals surface area contributed by atoms with E-state index in [0.29, 0.717) is 31.9 Å². The number of anilines is 1. The van der Waals surface area contributed by atoms with E-state index in [1.54, 1.807) is 14.2 Å². The van der Waals surface area contributed by atoms with Crippen molar-refractivity contribution in [1.29, 1.82) is 0 Å². The van der Waals surface area contributed by atoms with Gasteiger partial charge in [0.05, 0.1) is 5.69 Å². The summed E-state index contributed by atoms with van der Waals surface area (Å²) in [7, 11) is -0.574. The Balaban J connectivity index is 2.72. The highest BCUT2D eigenvalue weighted by atomic mass is 32.2. The van der Waals surface area contributed by atoms with E-state index >= 15 is 0 Å². The third kappa shape index (κ3) is 7.26. The van der Waals surface area contributed by atoms with Gasteiger partial charge in [-0.05, 0) is 37.5 Å². The summed E-state index contributed by atoms with van der Waals surface area (Å²) in [4.78, 5) is -0.0818. The minimum Gasteiger partial charge on any atom is -0.385 e. The zero-order valence-corrected chi connectivity index (χ0v) is 14.4. The first-order valence-corrected chi connectivity index (χ1v) is 9.00. The predicted molar refractivity (Wildman–Crippen MR) is 87.7 cm³/mol. The molecule has 0 aliphatic heterocycles. The molecule has 132 valence electrons. The topological polar surface area (TPSA) is 76.7 Å². The summed E-state index contributed by atoms with van der Waals surface area (Å²) in [5, 5.41) is 3.01. The highest BCUT2D eigenvalue weighted by Crippen LogP contribution is 2.22. The Bertz CT molecular complexity index is 567. The largest absolute Gasteiger partial charge is 0.385 e. The standard InChI is InChI=1S/C15H25FN2O4S/c1-21-10-4-3-9-18-23(19,20)15-12-13(16)6-7-14(15)17-8-5-11-22-2/h6-7,12,17-18H,3-5,8-11H2,1-2H3. The van der Waals surface area contributed by atoms with Gasteiger partial charge in [-0.15, -0.1) is 0 Å². The second-order valence-electron chi connectivity index (χ2n) is 5.01. The van der Waals surface area contributed by atoms with Crippen molar-refractivity contribution in [3.63, 3.8) is 0 Å². The molecular formula is C15H25FN2O4S. The second kappa shape index (κ2) is 10.5. The second-order valence-corrected chi connectivity index (χ2v) is 6.75. The van der Waals surface area contributed by atoms with Gasteiger partial charge in [0.15, 0.2) is 0 Å². The monoisotopic (exact) mass is 348 g/mol. The minimum absolute atomic E-state index is 0.0818. The molecule has 23 heavy (non-hydrogen) atoms. The van der Waals surface area contributed by atoms with Crippen LogP contribution in [0.3, 0.4) is 0 Å². The van der Waals surface area contributed by atoms with Crippen LogP contribution in [0.5, 0.6) is 0 Å². The zero-order chi connectivity index (χ0) is 17.1. The third-order valence-electron chi connectivity index (χ3n) is 3.14. The fourth-order valence-corrected chi connectivity index (χ4v) is 3.23. The highest BCUT2D eigenvalue weighted by molar-refractivity contribution is 7.89. The molecule has 0 aliphatic carbocycles. The Morgan fingerprint density at radius 1 is 1.04 bits per heavy atom.